The lowest BCUT2D eigenvalue weighted by Gasteiger charge is -2.13. The second-order valence-corrected chi connectivity index (χ2v) is 5.10. The van der Waals surface area contributed by atoms with Crippen molar-refractivity contribution in [3.8, 4) is 5.75 Å². The summed E-state index contributed by atoms with van der Waals surface area (Å²) in [6.45, 7) is 3.52. The van der Waals surface area contributed by atoms with E-state index in [4.69, 9.17) is 4.74 Å². The van der Waals surface area contributed by atoms with E-state index in [-0.39, 0.29) is 29.8 Å². The van der Waals surface area contributed by atoms with Gasteiger partial charge in [0.1, 0.15) is 18.2 Å². The van der Waals surface area contributed by atoms with Gasteiger partial charge in [0.25, 0.3) is 0 Å². The first-order valence-electron chi connectivity index (χ1n) is 7.56. The van der Waals surface area contributed by atoms with E-state index in [1.807, 2.05) is 36.4 Å². The van der Waals surface area contributed by atoms with Crippen molar-refractivity contribution in [2.75, 3.05) is 20.2 Å². The largest absolute Gasteiger partial charge is 0.492 e. The highest BCUT2D eigenvalue weighted by molar-refractivity contribution is 14.0. The zero-order valence-electron chi connectivity index (χ0n) is 13.9. The number of ether oxygens (including phenoxy) is 1. The Morgan fingerprint density at radius 3 is 2.54 bits per heavy atom. The fraction of sp³-hybridized carbons (Fsp3) is 0.278. The number of guanidine groups is 1. The predicted octanol–water partition coefficient (Wildman–Crippen LogP) is 3.50. The molecule has 4 nitrogen and oxygen atoms in total. The molecule has 0 saturated carbocycles. The van der Waals surface area contributed by atoms with Crippen molar-refractivity contribution in [2.24, 2.45) is 4.99 Å². The number of hydrogen-bond donors (Lipinski definition) is 2. The molecule has 24 heavy (non-hydrogen) atoms. The van der Waals surface area contributed by atoms with E-state index in [0.29, 0.717) is 31.2 Å². The molecule has 0 spiro atoms. The molecule has 2 N–H and O–H groups in total. The van der Waals surface area contributed by atoms with Crippen LogP contribution in [-0.4, -0.2) is 26.2 Å². The summed E-state index contributed by atoms with van der Waals surface area (Å²) in [6.07, 6.45) is 0. The topological polar surface area (TPSA) is 45.7 Å². The second-order valence-electron chi connectivity index (χ2n) is 5.10. The Morgan fingerprint density at radius 2 is 1.88 bits per heavy atom. The fourth-order valence-electron chi connectivity index (χ4n) is 2.08. The molecule has 0 saturated heterocycles. The number of benzene rings is 2. The quantitative estimate of drug-likeness (QED) is 0.311. The Labute approximate surface area is 159 Å². The van der Waals surface area contributed by atoms with Gasteiger partial charge < -0.3 is 15.4 Å². The molecule has 0 aromatic heterocycles. The summed E-state index contributed by atoms with van der Waals surface area (Å²) in [4.78, 5) is 4.15. The van der Waals surface area contributed by atoms with Gasteiger partial charge in [0.2, 0.25) is 0 Å². The van der Waals surface area contributed by atoms with Gasteiger partial charge in [0.05, 0.1) is 6.54 Å². The minimum absolute atomic E-state index is 0. The summed E-state index contributed by atoms with van der Waals surface area (Å²) in [5.41, 5.74) is 1.65. The van der Waals surface area contributed by atoms with Crippen molar-refractivity contribution in [1.82, 2.24) is 10.6 Å². The summed E-state index contributed by atoms with van der Waals surface area (Å²) in [5.74, 6) is 1.34. The molecule has 0 aliphatic carbocycles. The third kappa shape index (κ3) is 6.74. The lowest BCUT2D eigenvalue weighted by atomic mass is 10.1. The number of aliphatic imine (C=N–C) groups is 1. The maximum atomic E-state index is 13.2. The third-order valence-electron chi connectivity index (χ3n) is 3.31. The number of aryl methyl sites for hydroxylation is 1. The summed E-state index contributed by atoms with van der Waals surface area (Å²) in [7, 11) is 1.71. The van der Waals surface area contributed by atoms with Crippen LogP contribution in [0.4, 0.5) is 4.39 Å². The molecule has 2 aromatic rings. The number of hydrogen-bond acceptors (Lipinski definition) is 2. The van der Waals surface area contributed by atoms with Crippen molar-refractivity contribution >= 4 is 29.9 Å². The Bertz CT molecular complexity index is 650. The highest BCUT2D eigenvalue weighted by Gasteiger charge is 2.01. The van der Waals surface area contributed by atoms with Gasteiger partial charge >= 0.3 is 0 Å². The SMILES string of the molecule is CN=C(NCCOc1ccccc1)NCc1ccc(F)c(C)c1.I. The van der Waals surface area contributed by atoms with E-state index < -0.39 is 0 Å². The number of para-hydroxylation sites is 1. The number of nitrogens with one attached hydrogen (secondary N) is 2. The number of rotatable bonds is 6. The van der Waals surface area contributed by atoms with E-state index in [0.717, 1.165) is 11.3 Å². The van der Waals surface area contributed by atoms with Gasteiger partial charge in [0, 0.05) is 13.6 Å². The van der Waals surface area contributed by atoms with Crippen LogP contribution in [0.1, 0.15) is 11.1 Å². The smallest absolute Gasteiger partial charge is 0.191 e. The van der Waals surface area contributed by atoms with Gasteiger partial charge in [-0.25, -0.2) is 4.39 Å². The van der Waals surface area contributed by atoms with Gasteiger partial charge in [-0.2, -0.15) is 0 Å². The van der Waals surface area contributed by atoms with E-state index in [2.05, 4.69) is 15.6 Å². The molecule has 0 heterocycles. The van der Waals surface area contributed by atoms with Crippen molar-refractivity contribution < 1.29 is 9.13 Å². The molecular formula is C18H23FIN3O. The molecule has 0 amide bonds. The van der Waals surface area contributed by atoms with Crippen molar-refractivity contribution in [2.45, 2.75) is 13.5 Å². The first-order valence-corrected chi connectivity index (χ1v) is 7.56. The maximum Gasteiger partial charge on any atom is 0.191 e. The van der Waals surface area contributed by atoms with E-state index in [1.54, 1.807) is 20.0 Å². The van der Waals surface area contributed by atoms with Gasteiger partial charge in [-0.1, -0.05) is 30.3 Å². The Hall–Kier alpha value is -1.83. The Morgan fingerprint density at radius 1 is 1.12 bits per heavy atom. The zero-order valence-corrected chi connectivity index (χ0v) is 16.2. The average Bonchev–Trinajstić information content (AvgIpc) is 2.58. The molecule has 2 aromatic carbocycles. The highest BCUT2D eigenvalue weighted by atomic mass is 127. The minimum Gasteiger partial charge on any atom is -0.492 e. The first-order chi connectivity index (χ1) is 11.2. The standard InChI is InChI=1S/C18H22FN3O.HI/c1-14-12-15(8-9-17(14)19)13-22-18(20-2)21-10-11-23-16-6-4-3-5-7-16;/h3-9,12H,10-11,13H2,1-2H3,(H2,20,21,22);1H. The molecule has 0 unspecified atom stereocenters. The lowest BCUT2D eigenvalue weighted by molar-refractivity contribution is 0.322. The van der Waals surface area contributed by atoms with Crippen LogP contribution in [0.3, 0.4) is 0 Å². The van der Waals surface area contributed by atoms with Crippen LogP contribution < -0.4 is 15.4 Å². The summed E-state index contributed by atoms with van der Waals surface area (Å²) in [5, 5.41) is 6.37. The summed E-state index contributed by atoms with van der Waals surface area (Å²) < 4.78 is 18.8. The van der Waals surface area contributed by atoms with Crippen molar-refractivity contribution in [1.29, 1.82) is 0 Å². The third-order valence-corrected chi connectivity index (χ3v) is 3.31. The van der Waals surface area contributed by atoms with Crippen LogP contribution in [0.2, 0.25) is 0 Å². The monoisotopic (exact) mass is 443 g/mol. The molecule has 2 rings (SSSR count). The van der Waals surface area contributed by atoms with Crippen LogP contribution in [0.25, 0.3) is 0 Å². The van der Waals surface area contributed by atoms with Crippen molar-refractivity contribution in [3.05, 3.63) is 65.5 Å². The lowest BCUT2D eigenvalue weighted by Crippen LogP contribution is -2.38. The van der Waals surface area contributed by atoms with Gasteiger partial charge in [-0.3, -0.25) is 4.99 Å². The van der Waals surface area contributed by atoms with E-state index >= 15 is 0 Å². The highest BCUT2D eigenvalue weighted by Crippen LogP contribution is 2.09. The van der Waals surface area contributed by atoms with Crippen LogP contribution >= 0.6 is 24.0 Å². The molecule has 130 valence electrons. The Balaban J connectivity index is 0.00000288. The first kappa shape index (κ1) is 20.2. The number of nitrogens with zero attached hydrogens (tertiary/aromatic N) is 1. The minimum atomic E-state index is -0.186. The Kier molecular flexibility index (Phi) is 9.14. The van der Waals surface area contributed by atoms with Gasteiger partial charge in [-0.15, -0.1) is 24.0 Å². The molecule has 6 heteroatoms. The van der Waals surface area contributed by atoms with E-state index in [9.17, 15) is 4.39 Å². The number of halogens is 2. The summed E-state index contributed by atoms with van der Waals surface area (Å²) in [6, 6.07) is 14.7. The van der Waals surface area contributed by atoms with Crippen LogP contribution in [0.5, 0.6) is 5.75 Å². The molecular weight excluding hydrogens is 420 g/mol. The molecule has 0 atom stereocenters. The predicted molar refractivity (Wildman–Crippen MR) is 107 cm³/mol. The second kappa shape index (κ2) is 10.9. The van der Waals surface area contributed by atoms with Gasteiger partial charge in [0.15, 0.2) is 5.96 Å². The summed E-state index contributed by atoms with van der Waals surface area (Å²) >= 11 is 0. The molecule has 0 aliphatic heterocycles. The maximum absolute atomic E-state index is 13.2. The van der Waals surface area contributed by atoms with E-state index in [1.165, 1.54) is 6.07 Å². The zero-order chi connectivity index (χ0) is 16.5. The fourth-order valence-corrected chi connectivity index (χ4v) is 2.08. The van der Waals surface area contributed by atoms with Crippen LogP contribution in [-0.2, 0) is 6.54 Å². The normalized spacial score (nSPS) is 10.7. The molecule has 0 bridgehead atoms. The molecule has 0 aliphatic rings. The molecule has 0 fully saturated rings. The average molecular weight is 443 g/mol. The van der Waals surface area contributed by atoms with Crippen molar-refractivity contribution in [3.63, 3.8) is 0 Å². The van der Waals surface area contributed by atoms with Crippen LogP contribution in [0.15, 0.2) is 53.5 Å². The van der Waals surface area contributed by atoms with Crippen LogP contribution in [0, 0.1) is 12.7 Å². The van der Waals surface area contributed by atoms with Gasteiger partial charge in [-0.05, 0) is 36.2 Å². The molecule has 0 radical (unpaired) electrons.